The number of hydrogen-bond donors (Lipinski definition) is 1. The lowest BCUT2D eigenvalue weighted by atomic mass is 10.2. The number of rotatable bonds is 1. The van der Waals surface area contributed by atoms with E-state index in [9.17, 15) is 0 Å². The van der Waals surface area contributed by atoms with Crippen molar-refractivity contribution < 1.29 is 0 Å². The number of nitrogens with zero attached hydrogens (tertiary/aromatic N) is 1. The molecule has 0 atom stereocenters. The van der Waals surface area contributed by atoms with Gasteiger partial charge in [0.2, 0.25) is 0 Å². The molecule has 0 amide bonds. The maximum atomic E-state index is 8.83. The molecule has 0 aliphatic carbocycles. The second-order valence-electron chi connectivity index (χ2n) is 3.17. The number of nitriles is 1. The molecule has 0 spiro atoms. The molecule has 0 saturated carbocycles. The van der Waals surface area contributed by atoms with Crippen molar-refractivity contribution in [1.82, 2.24) is 0 Å². The highest BCUT2D eigenvalue weighted by Gasteiger charge is 2.08. The van der Waals surface area contributed by atoms with Crippen molar-refractivity contribution in [3.63, 3.8) is 0 Å². The van der Waals surface area contributed by atoms with Gasteiger partial charge in [-0.2, -0.15) is 5.26 Å². The summed E-state index contributed by atoms with van der Waals surface area (Å²) in [4.78, 5) is 1.48. The third kappa shape index (κ3) is 2.22. The number of thiophene rings is 1. The van der Waals surface area contributed by atoms with Gasteiger partial charge in [-0.3, -0.25) is 0 Å². The van der Waals surface area contributed by atoms with Crippen LogP contribution in [0.1, 0.15) is 4.88 Å². The quantitative estimate of drug-likeness (QED) is 0.854. The van der Waals surface area contributed by atoms with Gasteiger partial charge >= 0.3 is 0 Å². The van der Waals surface area contributed by atoms with Gasteiger partial charge in [0.1, 0.15) is 10.9 Å². The smallest absolute Gasteiger partial charge is 0.128 e. The molecule has 0 aliphatic heterocycles. The first-order valence-corrected chi connectivity index (χ1v) is 6.35. The van der Waals surface area contributed by atoms with Crippen molar-refractivity contribution in [2.45, 2.75) is 0 Å². The van der Waals surface area contributed by atoms with Crippen molar-refractivity contribution in [2.24, 2.45) is 0 Å². The Morgan fingerprint density at radius 3 is 2.62 bits per heavy atom. The number of hydrogen-bond acceptors (Lipinski definition) is 3. The zero-order valence-corrected chi connectivity index (χ0v) is 11.2. The van der Waals surface area contributed by atoms with E-state index < -0.39 is 0 Å². The van der Waals surface area contributed by atoms with Crippen LogP contribution in [0.5, 0.6) is 0 Å². The molecule has 5 heteroatoms. The van der Waals surface area contributed by atoms with Gasteiger partial charge in [0.05, 0.1) is 5.69 Å². The molecule has 0 radical (unpaired) electrons. The molecular formula is C11H6BrClN2S. The molecular weight excluding hydrogens is 308 g/mol. The van der Waals surface area contributed by atoms with E-state index in [2.05, 4.69) is 22.0 Å². The fraction of sp³-hybridized carbons (Fsp3) is 0. The van der Waals surface area contributed by atoms with E-state index in [0.717, 1.165) is 14.9 Å². The largest absolute Gasteiger partial charge is 0.397 e. The Balaban J connectivity index is 2.55. The lowest BCUT2D eigenvalue weighted by Crippen LogP contribution is -1.81. The van der Waals surface area contributed by atoms with Crippen molar-refractivity contribution in [1.29, 1.82) is 5.26 Å². The normalized spacial score (nSPS) is 10.1. The second-order valence-corrected chi connectivity index (χ2v) is 5.57. The topological polar surface area (TPSA) is 49.8 Å². The summed E-state index contributed by atoms with van der Waals surface area (Å²) < 4.78 is 0.903. The summed E-state index contributed by atoms with van der Waals surface area (Å²) in [7, 11) is 0. The van der Waals surface area contributed by atoms with E-state index in [4.69, 9.17) is 22.6 Å². The van der Waals surface area contributed by atoms with Crippen LogP contribution in [0.3, 0.4) is 0 Å². The highest BCUT2D eigenvalue weighted by molar-refractivity contribution is 9.10. The van der Waals surface area contributed by atoms with Crippen LogP contribution in [-0.2, 0) is 0 Å². The molecule has 1 heterocycles. The highest BCUT2D eigenvalue weighted by atomic mass is 79.9. The van der Waals surface area contributed by atoms with Crippen LogP contribution in [-0.4, -0.2) is 0 Å². The van der Waals surface area contributed by atoms with Crippen molar-refractivity contribution in [3.05, 3.63) is 38.6 Å². The lowest BCUT2D eigenvalue weighted by Gasteiger charge is -1.99. The Labute approximate surface area is 110 Å². The predicted octanol–water partition coefficient (Wildman–Crippen LogP) is 4.28. The van der Waals surface area contributed by atoms with Gasteiger partial charge in [0.15, 0.2) is 0 Å². The molecule has 0 bridgehead atoms. The molecule has 1 aromatic carbocycles. The summed E-state index contributed by atoms with van der Waals surface area (Å²) in [5.41, 5.74) is 7.18. The van der Waals surface area contributed by atoms with E-state index in [1.807, 2.05) is 18.2 Å². The van der Waals surface area contributed by atoms with Gasteiger partial charge in [-0.1, -0.05) is 27.5 Å². The molecule has 80 valence electrons. The second kappa shape index (κ2) is 4.46. The fourth-order valence-electron chi connectivity index (χ4n) is 1.33. The monoisotopic (exact) mass is 312 g/mol. The molecule has 2 rings (SSSR count). The van der Waals surface area contributed by atoms with Crippen LogP contribution in [0.25, 0.3) is 10.4 Å². The number of nitrogen functional groups attached to an aromatic ring is 1. The molecule has 0 saturated heterocycles. The molecule has 1 aromatic heterocycles. The maximum Gasteiger partial charge on any atom is 0.128 e. The maximum absolute atomic E-state index is 8.83. The summed E-state index contributed by atoms with van der Waals surface area (Å²) >= 11 is 10.7. The Bertz CT molecular complexity index is 566. The van der Waals surface area contributed by atoms with Crippen LogP contribution in [0.4, 0.5) is 5.69 Å². The van der Waals surface area contributed by atoms with Gasteiger partial charge in [0, 0.05) is 14.4 Å². The fourth-order valence-corrected chi connectivity index (χ4v) is 3.05. The Kier molecular flexibility index (Phi) is 3.20. The summed E-state index contributed by atoms with van der Waals surface area (Å²) in [5.74, 6) is 0. The average Bonchev–Trinajstić information content (AvgIpc) is 2.58. The average molecular weight is 314 g/mol. The zero-order valence-electron chi connectivity index (χ0n) is 8.00. The van der Waals surface area contributed by atoms with Gasteiger partial charge < -0.3 is 5.73 Å². The van der Waals surface area contributed by atoms with Gasteiger partial charge in [-0.05, 0) is 29.8 Å². The SMILES string of the molecule is N#Cc1sc(-c2cc(Cl)cc(Br)c2)cc1N. The third-order valence-electron chi connectivity index (χ3n) is 2.01. The van der Waals surface area contributed by atoms with Crippen LogP contribution in [0.15, 0.2) is 28.7 Å². The minimum atomic E-state index is 0.513. The Hall–Kier alpha value is -1.02. The van der Waals surface area contributed by atoms with Crippen LogP contribution >= 0.6 is 38.9 Å². The first-order chi connectivity index (χ1) is 7.60. The molecule has 2 N–H and O–H groups in total. The molecule has 0 aliphatic rings. The Morgan fingerprint density at radius 1 is 1.31 bits per heavy atom. The third-order valence-corrected chi connectivity index (χ3v) is 3.79. The van der Waals surface area contributed by atoms with Crippen molar-refractivity contribution in [3.8, 4) is 16.5 Å². The van der Waals surface area contributed by atoms with Crippen LogP contribution in [0.2, 0.25) is 5.02 Å². The number of nitrogens with two attached hydrogens (primary N) is 1. The van der Waals surface area contributed by atoms with E-state index in [1.165, 1.54) is 11.3 Å². The number of anilines is 1. The molecule has 0 unspecified atom stereocenters. The standard InChI is InChI=1S/C11H6BrClN2S/c12-7-1-6(2-8(13)3-7)10-4-9(15)11(5-14)16-10/h1-4H,15H2. The minimum Gasteiger partial charge on any atom is -0.397 e. The summed E-state index contributed by atoms with van der Waals surface area (Å²) in [6.07, 6.45) is 0. The molecule has 0 fully saturated rings. The predicted molar refractivity (Wildman–Crippen MR) is 71.6 cm³/mol. The number of halogens is 2. The van der Waals surface area contributed by atoms with Crippen LogP contribution < -0.4 is 5.73 Å². The summed E-state index contributed by atoms with van der Waals surface area (Å²) in [6.45, 7) is 0. The van der Waals surface area contributed by atoms with Gasteiger partial charge in [-0.15, -0.1) is 11.3 Å². The summed E-state index contributed by atoms with van der Waals surface area (Å²) in [5, 5.41) is 9.48. The zero-order chi connectivity index (χ0) is 11.7. The molecule has 2 nitrogen and oxygen atoms in total. The van der Waals surface area contributed by atoms with Gasteiger partial charge in [0.25, 0.3) is 0 Å². The van der Waals surface area contributed by atoms with Crippen LogP contribution in [0, 0.1) is 11.3 Å². The Morgan fingerprint density at radius 2 is 2.06 bits per heavy atom. The molecule has 2 aromatic rings. The first-order valence-electron chi connectivity index (χ1n) is 4.36. The molecule has 16 heavy (non-hydrogen) atoms. The lowest BCUT2D eigenvalue weighted by molar-refractivity contribution is 1.52. The van der Waals surface area contributed by atoms with E-state index in [1.54, 1.807) is 6.07 Å². The van der Waals surface area contributed by atoms with E-state index in [0.29, 0.717) is 15.6 Å². The first kappa shape index (κ1) is 11.5. The van der Waals surface area contributed by atoms with Crippen molar-refractivity contribution >= 4 is 44.6 Å². The van der Waals surface area contributed by atoms with E-state index >= 15 is 0 Å². The van der Waals surface area contributed by atoms with E-state index in [-0.39, 0.29) is 0 Å². The number of benzene rings is 1. The highest BCUT2D eigenvalue weighted by Crippen LogP contribution is 2.35. The van der Waals surface area contributed by atoms with Gasteiger partial charge in [-0.25, -0.2) is 0 Å². The summed E-state index contributed by atoms with van der Waals surface area (Å²) in [6, 6.07) is 9.46. The van der Waals surface area contributed by atoms with Crippen molar-refractivity contribution in [2.75, 3.05) is 5.73 Å². The minimum absolute atomic E-state index is 0.513.